The number of methoxy groups -OCH3 is 1. The van der Waals surface area contributed by atoms with Crippen molar-refractivity contribution in [2.24, 2.45) is 14.1 Å². The van der Waals surface area contributed by atoms with Crippen molar-refractivity contribution in [1.29, 1.82) is 5.26 Å². The van der Waals surface area contributed by atoms with E-state index >= 15 is 0 Å². The van der Waals surface area contributed by atoms with Gasteiger partial charge in [0.15, 0.2) is 5.60 Å². The molecule has 1 N–H and O–H groups in total. The van der Waals surface area contributed by atoms with Crippen LogP contribution in [-0.2, 0) is 32.3 Å². The molecular formula is C31H28F3N5O2. The number of alkyl halides is 3. The summed E-state index contributed by atoms with van der Waals surface area (Å²) in [5, 5.41) is 23.3. The highest BCUT2D eigenvalue weighted by molar-refractivity contribution is 5.88. The van der Waals surface area contributed by atoms with E-state index in [9.17, 15) is 23.5 Å². The summed E-state index contributed by atoms with van der Waals surface area (Å²) in [5.41, 5.74) is 1.47. The quantitative estimate of drug-likeness (QED) is 0.289. The smallest absolute Gasteiger partial charge is 0.416 e. The molecule has 0 aliphatic carbocycles. The molecule has 5 rings (SSSR count). The SMILES string of the molecule is COc1nc2ccc(C(O)(c3ccc(C)n3C)c3cnc(C)n3C)cc2c(C#N)c1Cc1cccc(C(F)(F)F)c1. The molecule has 0 amide bonds. The molecule has 0 fully saturated rings. The predicted octanol–water partition coefficient (Wildman–Crippen LogP) is 5.70. The highest BCUT2D eigenvalue weighted by atomic mass is 19.4. The number of hydrogen-bond acceptors (Lipinski definition) is 5. The summed E-state index contributed by atoms with van der Waals surface area (Å²) < 4.78 is 49.3. The maximum absolute atomic E-state index is 13.4. The van der Waals surface area contributed by atoms with Gasteiger partial charge in [-0.2, -0.15) is 18.4 Å². The molecule has 0 bridgehead atoms. The average Bonchev–Trinajstić information content (AvgIpc) is 3.47. The first-order valence-electron chi connectivity index (χ1n) is 12.8. The normalized spacial score (nSPS) is 13.3. The molecule has 0 radical (unpaired) electrons. The number of imidazole rings is 1. The van der Waals surface area contributed by atoms with Crippen LogP contribution in [0.5, 0.6) is 5.88 Å². The summed E-state index contributed by atoms with van der Waals surface area (Å²) in [7, 11) is 5.08. The molecule has 5 aromatic rings. The topological polar surface area (TPSA) is 88.9 Å². The first-order chi connectivity index (χ1) is 19.4. The lowest BCUT2D eigenvalue weighted by Crippen LogP contribution is -2.33. The minimum absolute atomic E-state index is 0.00858. The lowest BCUT2D eigenvalue weighted by molar-refractivity contribution is -0.137. The fourth-order valence-corrected chi connectivity index (χ4v) is 5.27. The number of aliphatic hydroxyl groups is 1. The largest absolute Gasteiger partial charge is 0.481 e. The number of benzene rings is 2. The number of rotatable bonds is 6. The van der Waals surface area contributed by atoms with Crippen molar-refractivity contribution in [3.63, 3.8) is 0 Å². The van der Waals surface area contributed by atoms with Crippen molar-refractivity contribution in [3.05, 3.63) is 112 Å². The van der Waals surface area contributed by atoms with Gasteiger partial charge < -0.3 is 19.0 Å². The molecule has 1 unspecified atom stereocenters. The second kappa shape index (κ2) is 10.1. The zero-order chi connectivity index (χ0) is 29.7. The molecule has 3 aromatic heterocycles. The second-order valence-electron chi connectivity index (χ2n) is 10.1. The number of nitriles is 1. The lowest BCUT2D eigenvalue weighted by atomic mass is 9.85. The van der Waals surface area contributed by atoms with Gasteiger partial charge in [-0.05, 0) is 55.3 Å². The van der Waals surface area contributed by atoms with Gasteiger partial charge in [0.05, 0.1) is 41.3 Å². The highest BCUT2D eigenvalue weighted by Gasteiger charge is 2.40. The number of pyridine rings is 1. The molecule has 0 aliphatic heterocycles. The number of halogens is 3. The van der Waals surface area contributed by atoms with Crippen LogP contribution in [0.15, 0.2) is 60.8 Å². The van der Waals surface area contributed by atoms with E-state index in [0.717, 1.165) is 17.8 Å². The molecule has 0 saturated heterocycles. The molecule has 10 heteroatoms. The van der Waals surface area contributed by atoms with E-state index in [1.807, 2.05) is 49.2 Å². The minimum Gasteiger partial charge on any atom is -0.481 e. The Hall–Kier alpha value is -4.62. The highest BCUT2D eigenvalue weighted by Crippen LogP contribution is 2.40. The van der Waals surface area contributed by atoms with Crippen LogP contribution in [0.4, 0.5) is 13.2 Å². The van der Waals surface area contributed by atoms with Gasteiger partial charge in [0.2, 0.25) is 5.88 Å². The van der Waals surface area contributed by atoms with Crippen molar-refractivity contribution < 1.29 is 23.0 Å². The number of nitrogens with zero attached hydrogens (tertiary/aromatic N) is 5. The molecule has 41 heavy (non-hydrogen) atoms. The lowest BCUT2D eigenvalue weighted by Gasteiger charge is -2.31. The number of aromatic nitrogens is 4. The van der Waals surface area contributed by atoms with E-state index in [1.165, 1.54) is 13.2 Å². The van der Waals surface area contributed by atoms with Crippen LogP contribution in [0.3, 0.4) is 0 Å². The van der Waals surface area contributed by atoms with Crippen LogP contribution < -0.4 is 4.74 Å². The summed E-state index contributed by atoms with van der Waals surface area (Å²) in [4.78, 5) is 8.99. The molecule has 0 aliphatic rings. The number of fused-ring (bicyclic) bond motifs is 1. The predicted molar refractivity (Wildman–Crippen MR) is 147 cm³/mol. The van der Waals surface area contributed by atoms with Gasteiger partial charge >= 0.3 is 6.18 Å². The van der Waals surface area contributed by atoms with Gasteiger partial charge in [-0.25, -0.2) is 9.97 Å². The van der Waals surface area contributed by atoms with Crippen LogP contribution in [-0.4, -0.2) is 31.3 Å². The first kappa shape index (κ1) is 27.9. The summed E-state index contributed by atoms with van der Waals surface area (Å²) in [5.74, 6) is 0.854. The minimum atomic E-state index is -4.50. The molecule has 3 heterocycles. The second-order valence-corrected chi connectivity index (χ2v) is 10.1. The van der Waals surface area contributed by atoms with Gasteiger partial charge in [-0.3, -0.25) is 0 Å². The van der Waals surface area contributed by atoms with E-state index in [-0.39, 0.29) is 17.9 Å². The fourth-order valence-electron chi connectivity index (χ4n) is 5.27. The van der Waals surface area contributed by atoms with Crippen LogP contribution in [0.2, 0.25) is 0 Å². The molecule has 0 saturated carbocycles. The maximum Gasteiger partial charge on any atom is 0.416 e. The van der Waals surface area contributed by atoms with Crippen LogP contribution >= 0.6 is 0 Å². The third-order valence-electron chi connectivity index (χ3n) is 7.74. The summed E-state index contributed by atoms with van der Waals surface area (Å²) >= 11 is 0. The van der Waals surface area contributed by atoms with Gasteiger partial charge in [0, 0.05) is 37.2 Å². The molecular weight excluding hydrogens is 531 g/mol. The van der Waals surface area contributed by atoms with Gasteiger partial charge in [0.1, 0.15) is 11.9 Å². The molecule has 2 aromatic carbocycles. The van der Waals surface area contributed by atoms with Gasteiger partial charge in [0.25, 0.3) is 0 Å². The van der Waals surface area contributed by atoms with Gasteiger partial charge in [-0.1, -0.05) is 24.3 Å². The standard InChI is InChI=1S/C31H28F3N5O2/c1-18-9-12-27(38(18)3)30(40,28-17-36-19(2)39(28)4)21-10-11-26-23(15-21)25(16-35)24(29(37-26)41-5)14-20-7-6-8-22(13-20)31(32,33)34/h6-13,15,17,40H,14H2,1-5H3. The molecule has 0 spiro atoms. The number of aryl methyl sites for hydroxylation is 2. The Morgan fingerprint density at radius 3 is 2.32 bits per heavy atom. The number of hydrogen-bond donors (Lipinski definition) is 1. The van der Waals surface area contributed by atoms with E-state index in [4.69, 9.17) is 4.74 Å². The van der Waals surface area contributed by atoms with E-state index in [2.05, 4.69) is 16.0 Å². The van der Waals surface area contributed by atoms with Crippen LogP contribution in [0.1, 0.15) is 50.7 Å². The third-order valence-corrected chi connectivity index (χ3v) is 7.74. The maximum atomic E-state index is 13.4. The Balaban J connectivity index is 1.75. The monoisotopic (exact) mass is 559 g/mol. The summed E-state index contributed by atoms with van der Waals surface area (Å²) in [6.45, 7) is 3.77. The van der Waals surface area contributed by atoms with Crippen molar-refractivity contribution in [1.82, 2.24) is 19.1 Å². The first-order valence-corrected chi connectivity index (χ1v) is 12.8. The molecule has 210 valence electrons. The summed E-state index contributed by atoms with van der Waals surface area (Å²) in [6.07, 6.45) is -2.89. The number of ether oxygens (including phenoxy) is 1. The van der Waals surface area contributed by atoms with Crippen LogP contribution in [0, 0.1) is 25.2 Å². The van der Waals surface area contributed by atoms with E-state index in [0.29, 0.717) is 44.8 Å². The van der Waals surface area contributed by atoms with Crippen LogP contribution in [0.25, 0.3) is 10.9 Å². The Morgan fingerprint density at radius 1 is 0.976 bits per heavy atom. The average molecular weight is 560 g/mol. The Kier molecular flexibility index (Phi) is 6.87. The zero-order valence-corrected chi connectivity index (χ0v) is 23.2. The Bertz CT molecular complexity index is 1780. The van der Waals surface area contributed by atoms with E-state index < -0.39 is 17.3 Å². The fraction of sp³-hybridized carbons (Fsp3) is 0.258. The summed E-state index contributed by atoms with van der Waals surface area (Å²) in [6, 6.07) is 16.1. The van der Waals surface area contributed by atoms with Crippen molar-refractivity contribution in [3.8, 4) is 11.9 Å². The Morgan fingerprint density at radius 2 is 1.73 bits per heavy atom. The van der Waals surface area contributed by atoms with Crippen molar-refractivity contribution in [2.45, 2.75) is 32.0 Å². The van der Waals surface area contributed by atoms with E-state index in [1.54, 1.807) is 30.5 Å². The molecule has 7 nitrogen and oxygen atoms in total. The van der Waals surface area contributed by atoms with Gasteiger partial charge in [-0.15, -0.1) is 0 Å². The Labute approximate surface area is 235 Å². The van der Waals surface area contributed by atoms with Crippen molar-refractivity contribution in [2.75, 3.05) is 7.11 Å². The van der Waals surface area contributed by atoms with Crippen molar-refractivity contribution >= 4 is 10.9 Å². The zero-order valence-electron chi connectivity index (χ0n) is 23.2. The molecule has 1 atom stereocenters. The third kappa shape index (κ3) is 4.62.